The van der Waals surface area contributed by atoms with Crippen LogP contribution in [0.3, 0.4) is 0 Å². The molecule has 0 unspecified atom stereocenters. The molecular weight excluding hydrogens is 250 g/mol. The van der Waals surface area contributed by atoms with Gasteiger partial charge in [-0.05, 0) is 26.1 Å². The molecule has 0 aliphatic carbocycles. The summed E-state index contributed by atoms with van der Waals surface area (Å²) in [6.07, 6.45) is 0. The minimum Gasteiger partial charge on any atom is -0.366 e. The van der Waals surface area contributed by atoms with E-state index in [9.17, 15) is 5.26 Å². The molecule has 1 aliphatic rings. The summed E-state index contributed by atoms with van der Waals surface area (Å²) >= 11 is 0. The number of piperazine rings is 1. The zero-order chi connectivity index (χ0) is 14.1. The van der Waals surface area contributed by atoms with Gasteiger partial charge in [-0.25, -0.2) is 0 Å². The quantitative estimate of drug-likeness (QED) is 0.785. The predicted octanol–water partition coefficient (Wildman–Crippen LogP) is 1.56. The number of hydrogen-bond donors (Lipinski definition) is 0. The van der Waals surface area contributed by atoms with Gasteiger partial charge in [0.25, 0.3) is 0 Å². The van der Waals surface area contributed by atoms with E-state index < -0.39 is 0 Å². The van der Waals surface area contributed by atoms with Crippen molar-refractivity contribution < 1.29 is 0 Å². The molecule has 0 spiro atoms. The summed E-state index contributed by atoms with van der Waals surface area (Å²) in [6.45, 7) is 5.89. The Bertz CT molecular complexity index is 680. The molecule has 2 aromatic rings. The van der Waals surface area contributed by atoms with Gasteiger partial charge < -0.3 is 9.80 Å². The van der Waals surface area contributed by atoms with Crippen molar-refractivity contribution in [3.8, 4) is 6.07 Å². The highest BCUT2D eigenvalue weighted by atomic mass is 15.3. The third-order valence-electron chi connectivity index (χ3n) is 3.81. The number of nitriles is 1. The first-order valence-electron chi connectivity index (χ1n) is 6.79. The first-order chi connectivity index (χ1) is 9.69. The fourth-order valence-corrected chi connectivity index (χ4v) is 2.63. The van der Waals surface area contributed by atoms with Crippen molar-refractivity contribution in [3.05, 3.63) is 29.5 Å². The molecule has 1 aromatic carbocycles. The van der Waals surface area contributed by atoms with Crippen LogP contribution in [0.1, 0.15) is 11.3 Å². The lowest BCUT2D eigenvalue weighted by molar-refractivity contribution is 0.313. The number of likely N-dealkylation sites (N-methyl/N-ethyl adjacent to an activating group) is 1. The van der Waals surface area contributed by atoms with Crippen LogP contribution in [0.4, 0.5) is 5.69 Å². The number of nitrogens with zero attached hydrogens (tertiary/aromatic N) is 5. The van der Waals surface area contributed by atoms with E-state index >= 15 is 0 Å². The fourth-order valence-electron chi connectivity index (χ4n) is 2.63. The standard InChI is InChI=1S/C15H17N5/c1-11-3-4-13-12(9-11)15(14(10-16)18-17-13)20-7-5-19(2)6-8-20/h3-4,9H,5-8H2,1-2H3. The highest BCUT2D eigenvalue weighted by Crippen LogP contribution is 2.29. The third-order valence-corrected chi connectivity index (χ3v) is 3.81. The number of aromatic nitrogens is 2. The average Bonchev–Trinajstić information content (AvgIpc) is 2.47. The third kappa shape index (κ3) is 2.19. The van der Waals surface area contributed by atoms with Crippen LogP contribution < -0.4 is 4.90 Å². The topological polar surface area (TPSA) is 56.1 Å². The van der Waals surface area contributed by atoms with Gasteiger partial charge in [0, 0.05) is 31.6 Å². The summed E-state index contributed by atoms with van der Waals surface area (Å²) in [7, 11) is 2.12. The molecule has 1 fully saturated rings. The second-order valence-corrected chi connectivity index (χ2v) is 5.32. The zero-order valence-corrected chi connectivity index (χ0v) is 11.8. The van der Waals surface area contributed by atoms with E-state index in [0.29, 0.717) is 5.69 Å². The van der Waals surface area contributed by atoms with Crippen molar-refractivity contribution in [2.75, 3.05) is 38.1 Å². The van der Waals surface area contributed by atoms with Gasteiger partial charge in [0.1, 0.15) is 6.07 Å². The zero-order valence-electron chi connectivity index (χ0n) is 11.8. The molecule has 0 atom stereocenters. The van der Waals surface area contributed by atoms with E-state index in [2.05, 4.69) is 46.1 Å². The van der Waals surface area contributed by atoms with Gasteiger partial charge in [0.05, 0.1) is 11.2 Å². The predicted molar refractivity (Wildman–Crippen MR) is 78.7 cm³/mol. The van der Waals surface area contributed by atoms with E-state index in [4.69, 9.17) is 0 Å². The Balaban J connectivity index is 2.16. The van der Waals surface area contributed by atoms with E-state index in [1.807, 2.05) is 12.1 Å². The lowest BCUT2D eigenvalue weighted by Gasteiger charge is -2.34. The Morgan fingerprint density at radius 3 is 2.60 bits per heavy atom. The summed E-state index contributed by atoms with van der Waals surface area (Å²) in [5.74, 6) is 0. The maximum atomic E-state index is 9.34. The minimum atomic E-state index is 0.424. The summed E-state index contributed by atoms with van der Waals surface area (Å²) in [4.78, 5) is 4.56. The number of anilines is 1. The summed E-state index contributed by atoms with van der Waals surface area (Å²) in [5, 5.41) is 18.6. The molecule has 20 heavy (non-hydrogen) atoms. The summed E-state index contributed by atoms with van der Waals surface area (Å²) < 4.78 is 0. The molecule has 0 N–H and O–H groups in total. The van der Waals surface area contributed by atoms with E-state index in [1.165, 1.54) is 5.56 Å². The van der Waals surface area contributed by atoms with Crippen molar-refractivity contribution in [2.24, 2.45) is 0 Å². The first-order valence-corrected chi connectivity index (χ1v) is 6.79. The number of aryl methyl sites for hydroxylation is 1. The molecule has 3 rings (SSSR count). The van der Waals surface area contributed by atoms with Gasteiger partial charge in [-0.1, -0.05) is 11.6 Å². The van der Waals surface area contributed by atoms with Crippen LogP contribution in [0.15, 0.2) is 18.2 Å². The Morgan fingerprint density at radius 2 is 1.90 bits per heavy atom. The molecule has 0 amide bonds. The SMILES string of the molecule is Cc1ccc2nnc(C#N)c(N3CCN(C)CC3)c2c1. The average molecular weight is 267 g/mol. The second-order valence-electron chi connectivity index (χ2n) is 5.32. The highest BCUT2D eigenvalue weighted by Gasteiger charge is 2.21. The minimum absolute atomic E-state index is 0.424. The largest absolute Gasteiger partial charge is 0.366 e. The van der Waals surface area contributed by atoms with Crippen LogP contribution in [0.25, 0.3) is 10.9 Å². The lowest BCUT2D eigenvalue weighted by Crippen LogP contribution is -2.45. The maximum Gasteiger partial charge on any atom is 0.187 e. The Labute approximate surface area is 118 Å². The Kier molecular flexibility index (Phi) is 3.25. The van der Waals surface area contributed by atoms with Crippen molar-refractivity contribution in [1.29, 1.82) is 5.26 Å². The Hall–Kier alpha value is -2.19. The van der Waals surface area contributed by atoms with Gasteiger partial charge >= 0.3 is 0 Å². The van der Waals surface area contributed by atoms with Crippen molar-refractivity contribution in [1.82, 2.24) is 15.1 Å². The van der Waals surface area contributed by atoms with Gasteiger partial charge in [-0.15, -0.1) is 10.2 Å². The highest BCUT2D eigenvalue weighted by molar-refractivity contribution is 5.93. The smallest absolute Gasteiger partial charge is 0.187 e. The molecule has 0 radical (unpaired) electrons. The number of fused-ring (bicyclic) bond motifs is 1. The molecule has 0 bridgehead atoms. The molecule has 1 saturated heterocycles. The summed E-state index contributed by atoms with van der Waals surface area (Å²) in [5.41, 5.74) is 3.38. The van der Waals surface area contributed by atoms with Crippen molar-refractivity contribution >= 4 is 16.6 Å². The molecule has 102 valence electrons. The van der Waals surface area contributed by atoms with Crippen LogP contribution in [0, 0.1) is 18.3 Å². The van der Waals surface area contributed by atoms with Crippen LogP contribution in [-0.2, 0) is 0 Å². The molecule has 2 heterocycles. The summed E-state index contributed by atoms with van der Waals surface area (Å²) in [6, 6.07) is 8.28. The first kappa shape index (κ1) is 12.8. The fraction of sp³-hybridized carbons (Fsp3) is 0.400. The lowest BCUT2D eigenvalue weighted by atomic mass is 10.1. The van der Waals surface area contributed by atoms with Crippen LogP contribution >= 0.6 is 0 Å². The van der Waals surface area contributed by atoms with E-state index in [-0.39, 0.29) is 0 Å². The van der Waals surface area contributed by atoms with E-state index in [1.54, 1.807) is 0 Å². The maximum absolute atomic E-state index is 9.34. The van der Waals surface area contributed by atoms with Gasteiger partial charge in [-0.2, -0.15) is 5.26 Å². The number of benzene rings is 1. The van der Waals surface area contributed by atoms with Gasteiger partial charge in [0.2, 0.25) is 0 Å². The van der Waals surface area contributed by atoms with Crippen molar-refractivity contribution in [3.63, 3.8) is 0 Å². The molecule has 5 heteroatoms. The van der Waals surface area contributed by atoms with Gasteiger partial charge in [0.15, 0.2) is 5.69 Å². The van der Waals surface area contributed by atoms with E-state index in [0.717, 1.165) is 42.8 Å². The van der Waals surface area contributed by atoms with Crippen LogP contribution in [0.5, 0.6) is 0 Å². The normalized spacial score (nSPS) is 16.4. The number of rotatable bonds is 1. The molecule has 1 aromatic heterocycles. The molecule has 5 nitrogen and oxygen atoms in total. The monoisotopic (exact) mass is 267 g/mol. The molecule has 0 saturated carbocycles. The van der Waals surface area contributed by atoms with Crippen LogP contribution in [-0.4, -0.2) is 48.3 Å². The molecular formula is C15H17N5. The number of hydrogen-bond acceptors (Lipinski definition) is 5. The Morgan fingerprint density at radius 1 is 1.15 bits per heavy atom. The van der Waals surface area contributed by atoms with Crippen molar-refractivity contribution in [2.45, 2.75) is 6.92 Å². The van der Waals surface area contributed by atoms with Crippen LogP contribution in [0.2, 0.25) is 0 Å². The van der Waals surface area contributed by atoms with Gasteiger partial charge in [-0.3, -0.25) is 0 Å². The molecule has 1 aliphatic heterocycles. The second kappa shape index (κ2) is 5.06.